The van der Waals surface area contributed by atoms with Gasteiger partial charge in [0.15, 0.2) is 0 Å². The average Bonchev–Trinajstić information content (AvgIpc) is 2.81. The van der Waals surface area contributed by atoms with Gasteiger partial charge in [-0.3, -0.25) is 19.3 Å². The maximum atomic E-state index is 12.8. The topological polar surface area (TPSA) is 149 Å². The first-order valence-corrected chi connectivity index (χ1v) is 12.6. The Labute approximate surface area is 224 Å². The van der Waals surface area contributed by atoms with Crippen LogP contribution in [0.5, 0.6) is 0 Å². The first-order valence-electron chi connectivity index (χ1n) is 12.6. The number of hydrogen-bond acceptors (Lipinski definition) is 11. The summed E-state index contributed by atoms with van der Waals surface area (Å²) in [5.74, 6) is -3.32. The van der Waals surface area contributed by atoms with Crippen LogP contribution < -0.4 is 0 Å². The number of nitrogens with zero attached hydrogens (tertiary/aromatic N) is 2. The summed E-state index contributed by atoms with van der Waals surface area (Å²) >= 11 is 0. The molecule has 12 heteroatoms. The molecule has 0 saturated carbocycles. The van der Waals surface area contributed by atoms with Gasteiger partial charge in [-0.05, 0) is 47.5 Å². The van der Waals surface area contributed by atoms with Gasteiger partial charge >= 0.3 is 23.9 Å². The number of Topliss-reactive ketones (excluding diaryl/α,β-unsaturated/α-hetero) is 1. The lowest BCUT2D eigenvalue weighted by Gasteiger charge is -2.52. The molecule has 215 valence electrons. The van der Waals surface area contributed by atoms with E-state index in [1.54, 1.807) is 0 Å². The van der Waals surface area contributed by atoms with E-state index in [4.69, 9.17) is 14.2 Å². The summed E-state index contributed by atoms with van der Waals surface area (Å²) in [6.07, 6.45) is 1.09. The van der Waals surface area contributed by atoms with Crippen LogP contribution in [0.3, 0.4) is 0 Å². The van der Waals surface area contributed by atoms with Crippen molar-refractivity contribution in [2.24, 2.45) is 0 Å². The molecule has 1 heterocycles. The van der Waals surface area contributed by atoms with Gasteiger partial charge in [-0.25, -0.2) is 9.59 Å². The Kier molecular flexibility index (Phi) is 13.0. The number of hydrogen-bond donors (Lipinski definition) is 0. The molecule has 0 unspecified atom stereocenters. The summed E-state index contributed by atoms with van der Waals surface area (Å²) in [6, 6.07) is -0.0844. The highest BCUT2D eigenvalue weighted by Gasteiger charge is 2.47. The van der Waals surface area contributed by atoms with Crippen molar-refractivity contribution in [3.63, 3.8) is 0 Å². The van der Waals surface area contributed by atoms with Crippen molar-refractivity contribution in [2.75, 3.05) is 39.5 Å². The van der Waals surface area contributed by atoms with Gasteiger partial charge in [0.05, 0.1) is 12.8 Å². The molecule has 1 fully saturated rings. The van der Waals surface area contributed by atoms with Crippen LogP contribution in [0.1, 0.15) is 67.2 Å². The third kappa shape index (κ3) is 11.3. The van der Waals surface area contributed by atoms with Gasteiger partial charge in [0.2, 0.25) is 5.78 Å². The van der Waals surface area contributed by atoms with Crippen molar-refractivity contribution >= 4 is 29.7 Å². The van der Waals surface area contributed by atoms with E-state index in [9.17, 15) is 29.2 Å². The van der Waals surface area contributed by atoms with Crippen LogP contribution >= 0.6 is 0 Å². The summed E-state index contributed by atoms with van der Waals surface area (Å²) in [5, 5.41) is 13.9. The van der Waals surface area contributed by atoms with Crippen molar-refractivity contribution < 1.29 is 48.1 Å². The number of carbonyl (C=O) groups excluding carboxylic acids is 5. The predicted octanol–water partition coefficient (Wildman–Crippen LogP) is 1.77. The minimum atomic E-state index is -0.997. The lowest BCUT2D eigenvalue weighted by molar-refractivity contribution is -0.294. The molecule has 0 atom stereocenters. The van der Waals surface area contributed by atoms with E-state index in [1.807, 2.05) is 32.6 Å². The first kappa shape index (κ1) is 33.2. The van der Waals surface area contributed by atoms with Crippen LogP contribution in [0.15, 0.2) is 12.2 Å². The predicted molar refractivity (Wildman–Crippen MR) is 134 cm³/mol. The molecule has 0 aliphatic carbocycles. The average molecular weight is 542 g/mol. The van der Waals surface area contributed by atoms with Crippen LogP contribution in [-0.2, 0) is 48.1 Å². The summed E-state index contributed by atoms with van der Waals surface area (Å²) in [7, 11) is 0. The summed E-state index contributed by atoms with van der Waals surface area (Å²) < 4.78 is 19.8. The second-order valence-corrected chi connectivity index (χ2v) is 10.6. The quantitative estimate of drug-likeness (QED) is 0.0981. The fourth-order valence-corrected chi connectivity index (χ4v) is 4.36. The SMILES string of the molecule is C=C(C)C(=O)OCCOC(=O)CCN(CCC(=O)OCCOC(=O)C(C)=O)C1CC(C)(C)N([O])C(C)(C)C1. The number of esters is 4. The maximum absolute atomic E-state index is 12.8. The Balaban J connectivity index is 2.70. The van der Waals surface area contributed by atoms with E-state index < -0.39 is 40.7 Å². The Morgan fingerprint density at radius 3 is 1.55 bits per heavy atom. The molecule has 38 heavy (non-hydrogen) atoms. The Hall–Kier alpha value is -2.83. The first-order chi connectivity index (χ1) is 17.6. The summed E-state index contributed by atoms with van der Waals surface area (Å²) in [4.78, 5) is 60.0. The highest BCUT2D eigenvalue weighted by atomic mass is 16.6. The lowest BCUT2D eigenvalue weighted by atomic mass is 9.78. The number of rotatable bonds is 15. The number of piperidine rings is 1. The fourth-order valence-electron chi connectivity index (χ4n) is 4.36. The van der Waals surface area contributed by atoms with E-state index in [-0.39, 0.29) is 64.0 Å². The third-order valence-corrected chi connectivity index (χ3v) is 6.09. The molecule has 0 aromatic carbocycles. The Morgan fingerprint density at radius 1 is 0.763 bits per heavy atom. The van der Waals surface area contributed by atoms with Gasteiger partial charge in [-0.15, -0.1) is 10.3 Å². The fraction of sp³-hybridized carbons (Fsp3) is 0.731. The molecule has 1 aliphatic heterocycles. The van der Waals surface area contributed by atoms with E-state index in [0.29, 0.717) is 12.8 Å². The molecule has 12 nitrogen and oxygen atoms in total. The van der Waals surface area contributed by atoms with E-state index in [2.05, 4.69) is 11.3 Å². The van der Waals surface area contributed by atoms with E-state index in [1.165, 1.54) is 6.92 Å². The minimum absolute atomic E-state index is 0.00496. The molecule has 0 spiro atoms. The Bertz CT molecular complexity index is 815. The van der Waals surface area contributed by atoms with Crippen molar-refractivity contribution in [3.8, 4) is 0 Å². The molecule has 1 saturated heterocycles. The molecule has 1 aliphatic rings. The van der Waals surface area contributed by atoms with Crippen molar-refractivity contribution in [2.45, 2.75) is 84.3 Å². The highest BCUT2D eigenvalue weighted by molar-refractivity contribution is 6.32. The molecule has 1 rings (SSSR count). The molecular formula is C26H41N2O10. The monoisotopic (exact) mass is 541 g/mol. The van der Waals surface area contributed by atoms with Crippen molar-refractivity contribution in [1.82, 2.24) is 9.96 Å². The third-order valence-electron chi connectivity index (χ3n) is 6.09. The highest BCUT2D eigenvalue weighted by Crippen LogP contribution is 2.39. The van der Waals surface area contributed by atoms with Gasteiger partial charge in [-0.1, -0.05) is 6.58 Å². The van der Waals surface area contributed by atoms with Gasteiger partial charge in [0.25, 0.3) is 0 Å². The van der Waals surface area contributed by atoms with Crippen LogP contribution in [0.2, 0.25) is 0 Å². The number of ether oxygens (including phenoxy) is 4. The molecule has 0 aromatic heterocycles. The smallest absolute Gasteiger partial charge is 0.374 e. The van der Waals surface area contributed by atoms with Crippen LogP contribution in [0.25, 0.3) is 0 Å². The molecule has 0 amide bonds. The molecule has 1 radical (unpaired) electrons. The van der Waals surface area contributed by atoms with Crippen LogP contribution in [-0.4, -0.2) is 96.3 Å². The summed E-state index contributed by atoms with van der Waals surface area (Å²) in [6.45, 7) is 13.5. The maximum Gasteiger partial charge on any atom is 0.374 e. The zero-order chi connectivity index (χ0) is 29.1. The van der Waals surface area contributed by atoms with E-state index >= 15 is 0 Å². The van der Waals surface area contributed by atoms with Crippen molar-refractivity contribution in [1.29, 1.82) is 0 Å². The van der Waals surface area contributed by atoms with Gasteiger partial charge in [-0.2, -0.15) is 0 Å². The zero-order valence-corrected chi connectivity index (χ0v) is 23.3. The lowest BCUT2D eigenvalue weighted by Crippen LogP contribution is -2.62. The number of hydroxylamine groups is 2. The van der Waals surface area contributed by atoms with Crippen LogP contribution in [0.4, 0.5) is 0 Å². The van der Waals surface area contributed by atoms with E-state index in [0.717, 1.165) is 12.0 Å². The second-order valence-electron chi connectivity index (χ2n) is 10.6. The molecule has 0 bridgehead atoms. The van der Waals surface area contributed by atoms with Crippen LogP contribution in [0, 0.1) is 0 Å². The normalized spacial score (nSPS) is 16.9. The van der Waals surface area contributed by atoms with Gasteiger partial charge in [0, 0.05) is 42.7 Å². The van der Waals surface area contributed by atoms with Crippen molar-refractivity contribution in [3.05, 3.63) is 12.2 Å². The molecule has 0 aromatic rings. The van der Waals surface area contributed by atoms with Gasteiger partial charge in [0.1, 0.15) is 26.4 Å². The molecule has 0 N–H and O–H groups in total. The molecular weight excluding hydrogens is 500 g/mol. The minimum Gasteiger partial charge on any atom is -0.462 e. The number of carbonyl (C=O) groups is 5. The standard InChI is InChI=1S/C26H41N2O10/c1-18(2)23(32)37-14-12-35-21(30)8-10-27(20-16-25(4,5)28(34)26(6,7)17-20)11-9-22(31)36-13-15-38-24(33)19(3)29/h20H,1,8-17H2,2-7H3. The largest absolute Gasteiger partial charge is 0.462 e. The van der Waals surface area contributed by atoms with Gasteiger partial charge < -0.3 is 18.9 Å². The Morgan fingerprint density at radius 2 is 1.16 bits per heavy atom. The number of ketones is 1. The zero-order valence-electron chi connectivity index (χ0n) is 23.3. The second kappa shape index (κ2) is 14.9. The summed E-state index contributed by atoms with van der Waals surface area (Å²) in [5.41, 5.74) is -1.06.